The highest BCUT2D eigenvalue weighted by atomic mass is 28.4. The molecule has 0 radical (unpaired) electrons. The van der Waals surface area contributed by atoms with Crippen LogP contribution in [0.15, 0.2) is 48.6 Å². The maximum absolute atomic E-state index is 6.70. The molecule has 1 rings (SSSR count). The van der Waals surface area contributed by atoms with E-state index in [1.807, 2.05) is 24.3 Å². The molecule has 0 amide bonds. The van der Waals surface area contributed by atoms with Crippen LogP contribution in [-0.4, -0.2) is 42.6 Å². The van der Waals surface area contributed by atoms with Gasteiger partial charge in [0.25, 0.3) is 0 Å². The number of hydrogen-bond donors (Lipinski definition) is 0. The summed E-state index contributed by atoms with van der Waals surface area (Å²) in [6, 6.07) is 8.00. The molecule has 0 aliphatic rings. The van der Waals surface area contributed by atoms with Gasteiger partial charge in [0.05, 0.1) is 32.5 Å². The highest BCUT2D eigenvalue weighted by molar-refractivity contribution is 6.74. The summed E-state index contributed by atoms with van der Waals surface area (Å²) in [7, 11) is -2.16. The van der Waals surface area contributed by atoms with Gasteiger partial charge in [-0.3, -0.25) is 0 Å². The van der Waals surface area contributed by atoms with E-state index in [1.54, 1.807) is 7.11 Å². The van der Waals surface area contributed by atoms with Gasteiger partial charge < -0.3 is 18.3 Å². The molecule has 0 aliphatic carbocycles. The van der Waals surface area contributed by atoms with Gasteiger partial charge in [0.15, 0.2) is 16.6 Å². The lowest BCUT2D eigenvalue weighted by molar-refractivity contribution is 0.0413. The Labute approximate surface area is 242 Å². The van der Waals surface area contributed by atoms with E-state index in [2.05, 4.69) is 99.3 Å². The quantitative estimate of drug-likeness (QED) is 0.119. The van der Waals surface area contributed by atoms with Gasteiger partial charge in [-0.25, -0.2) is 0 Å². The van der Waals surface area contributed by atoms with E-state index in [0.717, 1.165) is 29.7 Å². The molecule has 0 saturated heterocycles. The molecule has 0 spiro atoms. The standard InChI is InChI=1S/C33H56O4Si2/c1-15-27(3)31(37-39(13,14)33(7,8)9)18-16-17-30(35-25-28-19-21-29(34-10)22-20-28)23-26(2)24-36-38(11,12)32(4,5)6/h1,16,18-22,27,30-31H,2,17,23-25H2,3-14H3/b18-16+/t27-,30-,31-/m0/s1. The molecule has 0 heterocycles. The van der Waals surface area contributed by atoms with Crippen molar-refractivity contribution < 1.29 is 18.3 Å². The normalized spacial score (nSPS) is 15.6. The third-order valence-corrected chi connectivity index (χ3v) is 17.3. The number of hydrogen-bond acceptors (Lipinski definition) is 4. The van der Waals surface area contributed by atoms with Gasteiger partial charge in [0.1, 0.15) is 5.75 Å². The van der Waals surface area contributed by atoms with Gasteiger partial charge >= 0.3 is 0 Å². The Morgan fingerprint density at radius 1 is 1.00 bits per heavy atom. The van der Waals surface area contributed by atoms with E-state index in [0.29, 0.717) is 13.2 Å². The molecule has 220 valence electrons. The number of ether oxygens (including phenoxy) is 2. The molecule has 4 nitrogen and oxygen atoms in total. The summed E-state index contributed by atoms with van der Waals surface area (Å²) >= 11 is 0. The van der Waals surface area contributed by atoms with Gasteiger partial charge in [-0.05, 0) is 73.7 Å². The molecule has 0 fully saturated rings. The molecule has 6 heteroatoms. The van der Waals surface area contributed by atoms with Crippen LogP contribution in [0.3, 0.4) is 0 Å². The van der Waals surface area contributed by atoms with E-state index >= 15 is 0 Å². The Kier molecular flexibility index (Phi) is 13.5. The zero-order valence-electron chi connectivity index (χ0n) is 26.9. The lowest BCUT2D eigenvalue weighted by Crippen LogP contribution is -2.44. The number of methoxy groups -OCH3 is 1. The van der Waals surface area contributed by atoms with Crippen molar-refractivity contribution in [3.63, 3.8) is 0 Å². The Hall–Kier alpha value is -1.63. The van der Waals surface area contributed by atoms with E-state index in [4.69, 9.17) is 24.7 Å². The van der Waals surface area contributed by atoms with Crippen LogP contribution >= 0.6 is 0 Å². The fourth-order valence-electron chi connectivity index (χ4n) is 3.31. The van der Waals surface area contributed by atoms with Crippen molar-refractivity contribution in [3.8, 4) is 18.1 Å². The monoisotopic (exact) mass is 572 g/mol. The largest absolute Gasteiger partial charge is 0.497 e. The summed E-state index contributed by atoms with van der Waals surface area (Å²) in [4.78, 5) is 0. The SMILES string of the molecule is C#C[C@H](C)[C@H](/C=C/C[C@@H](CC(=C)CO[Si](C)(C)C(C)(C)C)OCc1ccc(OC)cc1)O[Si](C)(C)C(C)(C)C. The summed E-state index contributed by atoms with van der Waals surface area (Å²) < 4.78 is 24.9. The van der Waals surface area contributed by atoms with Crippen LogP contribution in [0.1, 0.15) is 66.9 Å². The molecule has 0 aromatic heterocycles. The van der Waals surface area contributed by atoms with Gasteiger partial charge in [0, 0.05) is 5.92 Å². The first kappa shape index (κ1) is 35.4. The predicted octanol–water partition coefficient (Wildman–Crippen LogP) is 9.15. The summed E-state index contributed by atoms with van der Waals surface area (Å²) in [5, 5.41) is 0.270. The van der Waals surface area contributed by atoms with Crippen molar-refractivity contribution in [2.45, 2.75) is 116 Å². The smallest absolute Gasteiger partial charge is 0.192 e. The van der Waals surface area contributed by atoms with Gasteiger partial charge in [-0.15, -0.1) is 12.3 Å². The lowest BCUT2D eigenvalue weighted by Gasteiger charge is -2.39. The maximum atomic E-state index is 6.70. The van der Waals surface area contributed by atoms with Crippen LogP contribution < -0.4 is 4.74 Å². The molecule has 1 aromatic rings. The molecule has 0 aliphatic heterocycles. The molecule has 0 unspecified atom stereocenters. The minimum absolute atomic E-state index is 0.0120. The summed E-state index contributed by atoms with van der Waals surface area (Å²) in [5.74, 6) is 3.71. The summed E-state index contributed by atoms with van der Waals surface area (Å²) in [5.41, 5.74) is 2.16. The van der Waals surface area contributed by atoms with Crippen LogP contribution in [-0.2, 0) is 20.2 Å². The van der Waals surface area contributed by atoms with E-state index in [1.165, 1.54) is 0 Å². The molecule has 0 bridgehead atoms. The van der Waals surface area contributed by atoms with E-state index < -0.39 is 16.6 Å². The van der Waals surface area contributed by atoms with E-state index in [-0.39, 0.29) is 28.2 Å². The van der Waals surface area contributed by atoms with Crippen molar-refractivity contribution in [1.29, 1.82) is 0 Å². The first-order valence-corrected chi connectivity index (χ1v) is 20.0. The minimum Gasteiger partial charge on any atom is -0.497 e. The topological polar surface area (TPSA) is 36.9 Å². The summed E-state index contributed by atoms with van der Waals surface area (Å²) in [6.07, 6.45) is 11.5. The number of terminal acetylenes is 1. The second kappa shape index (κ2) is 14.8. The average molecular weight is 573 g/mol. The fraction of sp³-hybridized carbons (Fsp3) is 0.636. The Morgan fingerprint density at radius 2 is 1.56 bits per heavy atom. The zero-order chi connectivity index (χ0) is 30.1. The van der Waals surface area contributed by atoms with Crippen LogP contribution in [0.4, 0.5) is 0 Å². The zero-order valence-corrected chi connectivity index (χ0v) is 28.9. The van der Waals surface area contributed by atoms with Gasteiger partial charge in [-0.1, -0.05) is 78.0 Å². The maximum Gasteiger partial charge on any atom is 0.192 e. The molecule has 0 saturated carbocycles. The Morgan fingerprint density at radius 3 is 2.05 bits per heavy atom. The van der Waals surface area contributed by atoms with Crippen LogP contribution in [0, 0.1) is 18.3 Å². The Bertz CT molecular complexity index is 959. The highest BCUT2D eigenvalue weighted by Crippen LogP contribution is 2.38. The summed E-state index contributed by atoms with van der Waals surface area (Å²) in [6.45, 7) is 30.1. The van der Waals surface area contributed by atoms with Crippen LogP contribution in [0.25, 0.3) is 0 Å². The molecular formula is C33H56O4Si2. The molecule has 3 atom stereocenters. The molecular weight excluding hydrogens is 517 g/mol. The van der Waals surface area contributed by atoms with Crippen LogP contribution in [0.5, 0.6) is 5.75 Å². The van der Waals surface area contributed by atoms with Crippen molar-refractivity contribution in [2.24, 2.45) is 5.92 Å². The average Bonchev–Trinajstić information content (AvgIpc) is 2.83. The first-order valence-electron chi connectivity index (χ1n) is 14.2. The number of rotatable bonds is 15. The Balaban J connectivity index is 3.01. The molecule has 39 heavy (non-hydrogen) atoms. The van der Waals surface area contributed by atoms with Crippen molar-refractivity contribution in [1.82, 2.24) is 0 Å². The predicted molar refractivity (Wildman–Crippen MR) is 172 cm³/mol. The third kappa shape index (κ3) is 11.8. The minimum atomic E-state index is -1.98. The van der Waals surface area contributed by atoms with Crippen LogP contribution in [0.2, 0.25) is 36.3 Å². The first-order chi connectivity index (χ1) is 17.8. The van der Waals surface area contributed by atoms with E-state index in [9.17, 15) is 0 Å². The third-order valence-electron chi connectivity index (χ3n) is 8.32. The number of benzene rings is 1. The second-order valence-corrected chi connectivity index (χ2v) is 23.3. The van der Waals surface area contributed by atoms with Crippen molar-refractivity contribution >= 4 is 16.6 Å². The highest BCUT2D eigenvalue weighted by Gasteiger charge is 2.39. The van der Waals surface area contributed by atoms with Crippen molar-refractivity contribution in [3.05, 3.63) is 54.1 Å². The van der Waals surface area contributed by atoms with Gasteiger partial charge in [0.2, 0.25) is 0 Å². The lowest BCUT2D eigenvalue weighted by atomic mass is 10.0. The van der Waals surface area contributed by atoms with Crippen molar-refractivity contribution in [2.75, 3.05) is 13.7 Å². The fourth-order valence-corrected chi connectivity index (χ4v) is 5.62. The molecule has 1 aromatic carbocycles. The molecule has 0 N–H and O–H groups in total. The second-order valence-electron chi connectivity index (χ2n) is 13.7. The van der Waals surface area contributed by atoms with Gasteiger partial charge in [-0.2, -0.15) is 0 Å².